The van der Waals surface area contributed by atoms with E-state index in [0.29, 0.717) is 5.56 Å². The molecule has 52 heavy (non-hydrogen) atoms. The fourth-order valence-electron chi connectivity index (χ4n) is 5.73. The topological polar surface area (TPSA) is 285 Å². The fraction of sp³-hybridized carbons (Fsp3) is 0.353. The lowest BCUT2D eigenvalue weighted by atomic mass is 9.99. The molecule has 6 rings (SSSR count). The van der Waals surface area contributed by atoms with E-state index in [1.807, 2.05) is 0 Å². The molecule has 0 saturated carbocycles. The van der Waals surface area contributed by atoms with E-state index in [4.69, 9.17) is 32.8 Å². The number of esters is 1. The highest BCUT2D eigenvalue weighted by Crippen LogP contribution is 2.37. The molecule has 3 heterocycles. The summed E-state index contributed by atoms with van der Waals surface area (Å²) in [5.41, 5.74) is -1.10. The molecule has 0 aliphatic carbocycles. The van der Waals surface area contributed by atoms with Gasteiger partial charge in [-0.2, -0.15) is 0 Å². The number of hydrogen-bond acceptors (Lipinski definition) is 18. The third kappa shape index (κ3) is 7.14. The van der Waals surface area contributed by atoms with Crippen LogP contribution in [0, 0.1) is 0 Å². The molecule has 0 bridgehead atoms. The van der Waals surface area contributed by atoms with E-state index in [2.05, 4.69) is 0 Å². The molecule has 9 N–H and O–H groups in total. The molecule has 0 radical (unpaired) electrons. The molecule has 0 unspecified atom stereocenters. The van der Waals surface area contributed by atoms with Gasteiger partial charge in [-0.1, -0.05) is 6.07 Å². The highest BCUT2D eigenvalue weighted by atomic mass is 16.7. The van der Waals surface area contributed by atoms with Gasteiger partial charge < -0.3 is 78.8 Å². The lowest BCUT2D eigenvalue weighted by molar-refractivity contribution is -0.308. The molecule has 0 spiro atoms. The SMILES string of the molecule is COc1cc(C=CC(=O)O[C@@H]2[C@@H](OC[C@@H]3O[C@H](Oc4cc(O)cc5oc6c(O)ccc(O)c6c(=O)c45)[C@@H](O)[C@H](O)[C@H]3O)OC[C@H](O)[C@H]2O)ccc1O. The Morgan fingerprint density at radius 3 is 2.33 bits per heavy atom. The Hall–Kier alpha value is -5.18. The van der Waals surface area contributed by atoms with Crippen molar-refractivity contribution in [2.75, 3.05) is 20.3 Å². The number of aliphatic hydroxyl groups excluding tert-OH is 5. The second-order valence-corrected chi connectivity index (χ2v) is 11.9. The summed E-state index contributed by atoms with van der Waals surface area (Å²) in [6.07, 6.45) is -13.0. The van der Waals surface area contributed by atoms with Crippen molar-refractivity contribution in [3.05, 3.63) is 64.3 Å². The summed E-state index contributed by atoms with van der Waals surface area (Å²) in [5.74, 6) is -2.88. The molecule has 2 aliphatic rings. The van der Waals surface area contributed by atoms with E-state index in [9.17, 15) is 55.5 Å². The number of hydrogen-bond donors (Lipinski definition) is 9. The standard InChI is InChI=1S/C34H34O18/c1-46-19-8-13(2-4-15(19)36)3-7-23(40)52-32-26(41)18(39)11-47-34(32)48-12-22-27(42)29(44)30(45)33(51-22)50-21-10-14(35)9-20-25(21)28(43)24-16(37)5-6-17(38)31(24)49-20/h2-10,18,22,26-27,29-30,32-39,41-42,44-45H,11-12H2,1H3/t18-,22-,26+,27-,29+,30-,32-,33-,34+/m0/s1. The first-order valence-corrected chi connectivity index (χ1v) is 15.6. The minimum absolute atomic E-state index is 0.122. The average molecular weight is 731 g/mol. The van der Waals surface area contributed by atoms with Gasteiger partial charge in [-0.05, 0) is 35.9 Å². The van der Waals surface area contributed by atoms with Crippen LogP contribution in [0.25, 0.3) is 28.0 Å². The summed E-state index contributed by atoms with van der Waals surface area (Å²) in [4.78, 5) is 26.2. The lowest BCUT2D eigenvalue weighted by Gasteiger charge is -2.41. The second-order valence-electron chi connectivity index (χ2n) is 11.9. The van der Waals surface area contributed by atoms with E-state index in [1.165, 1.54) is 31.4 Å². The third-order valence-electron chi connectivity index (χ3n) is 8.47. The molecule has 0 amide bonds. The van der Waals surface area contributed by atoms with Gasteiger partial charge in [-0.3, -0.25) is 4.79 Å². The first-order valence-electron chi connectivity index (χ1n) is 15.6. The Bertz CT molecular complexity index is 2040. The van der Waals surface area contributed by atoms with Crippen LogP contribution < -0.4 is 14.9 Å². The van der Waals surface area contributed by atoms with E-state index >= 15 is 0 Å². The quantitative estimate of drug-likeness (QED) is 0.0462. The number of ether oxygens (including phenoxy) is 6. The first-order chi connectivity index (χ1) is 24.8. The van der Waals surface area contributed by atoms with Crippen LogP contribution in [-0.4, -0.2) is 128 Å². The number of phenols is 4. The predicted molar refractivity (Wildman–Crippen MR) is 174 cm³/mol. The van der Waals surface area contributed by atoms with Crippen molar-refractivity contribution in [1.29, 1.82) is 0 Å². The molecule has 4 aromatic rings. The van der Waals surface area contributed by atoms with Crippen molar-refractivity contribution < 1.29 is 83.6 Å². The minimum Gasteiger partial charge on any atom is -0.508 e. The van der Waals surface area contributed by atoms with Gasteiger partial charge in [-0.25, -0.2) is 4.79 Å². The maximum Gasteiger partial charge on any atom is 0.331 e. The van der Waals surface area contributed by atoms with Crippen LogP contribution in [0.5, 0.6) is 34.5 Å². The number of carbonyl (C=O) groups is 1. The van der Waals surface area contributed by atoms with Crippen LogP contribution in [0.2, 0.25) is 0 Å². The zero-order valence-corrected chi connectivity index (χ0v) is 27.0. The smallest absolute Gasteiger partial charge is 0.331 e. The maximum absolute atomic E-state index is 13.5. The Morgan fingerprint density at radius 1 is 0.846 bits per heavy atom. The maximum atomic E-state index is 13.5. The summed E-state index contributed by atoms with van der Waals surface area (Å²) < 4.78 is 38.5. The molecule has 1 aromatic heterocycles. The van der Waals surface area contributed by atoms with Gasteiger partial charge in [0.2, 0.25) is 11.7 Å². The molecule has 2 aliphatic heterocycles. The largest absolute Gasteiger partial charge is 0.508 e. The number of carbonyl (C=O) groups excluding carboxylic acids is 1. The minimum atomic E-state index is -1.94. The van der Waals surface area contributed by atoms with Gasteiger partial charge in [0.15, 0.2) is 35.2 Å². The lowest BCUT2D eigenvalue weighted by Crippen LogP contribution is -2.61. The van der Waals surface area contributed by atoms with Gasteiger partial charge in [0.05, 0.1) is 20.3 Å². The number of benzene rings is 3. The van der Waals surface area contributed by atoms with Gasteiger partial charge >= 0.3 is 5.97 Å². The van der Waals surface area contributed by atoms with Crippen LogP contribution in [0.15, 0.2) is 57.8 Å². The molecule has 278 valence electrons. The number of fused-ring (bicyclic) bond motifs is 2. The van der Waals surface area contributed by atoms with Gasteiger partial charge in [-0.15, -0.1) is 0 Å². The zero-order chi connectivity index (χ0) is 37.4. The van der Waals surface area contributed by atoms with Crippen LogP contribution >= 0.6 is 0 Å². The Morgan fingerprint density at radius 2 is 1.58 bits per heavy atom. The summed E-state index contributed by atoms with van der Waals surface area (Å²) >= 11 is 0. The number of methoxy groups -OCH3 is 1. The highest BCUT2D eigenvalue weighted by Gasteiger charge is 2.47. The van der Waals surface area contributed by atoms with E-state index in [1.54, 1.807) is 0 Å². The normalized spacial score (nSPS) is 27.9. The van der Waals surface area contributed by atoms with Crippen LogP contribution in [0.3, 0.4) is 0 Å². The summed E-state index contributed by atoms with van der Waals surface area (Å²) in [7, 11) is 1.35. The second kappa shape index (κ2) is 14.8. The summed E-state index contributed by atoms with van der Waals surface area (Å²) in [6, 6.07) is 8.45. The molecular formula is C34H34O18. The average Bonchev–Trinajstić information content (AvgIpc) is 3.11. The Labute approximate surface area is 292 Å². The van der Waals surface area contributed by atoms with E-state index in [0.717, 1.165) is 30.3 Å². The van der Waals surface area contributed by atoms with Gasteiger partial charge in [0.1, 0.15) is 70.2 Å². The number of aliphatic hydroxyl groups is 5. The van der Waals surface area contributed by atoms with Gasteiger partial charge in [0.25, 0.3) is 0 Å². The Balaban J connectivity index is 1.19. The first kappa shape index (κ1) is 36.6. The molecule has 9 atom stereocenters. The van der Waals surface area contributed by atoms with Crippen molar-refractivity contribution in [3.63, 3.8) is 0 Å². The van der Waals surface area contributed by atoms with Crippen LogP contribution in [0.1, 0.15) is 5.56 Å². The molecule has 3 aromatic carbocycles. The predicted octanol–water partition coefficient (Wildman–Crippen LogP) is -0.317. The molecule has 2 saturated heterocycles. The van der Waals surface area contributed by atoms with Crippen molar-refractivity contribution in [2.45, 2.75) is 55.3 Å². The number of aromatic hydroxyl groups is 4. The van der Waals surface area contributed by atoms with Crippen LogP contribution in [0.4, 0.5) is 0 Å². The van der Waals surface area contributed by atoms with Crippen molar-refractivity contribution in [1.82, 2.24) is 0 Å². The molecule has 2 fully saturated rings. The van der Waals surface area contributed by atoms with E-state index in [-0.39, 0.29) is 28.1 Å². The van der Waals surface area contributed by atoms with Crippen molar-refractivity contribution >= 4 is 34.0 Å². The van der Waals surface area contributed by atoms with Crippen LogP contribution in [-0.2, 0) is 23.7 Å². The molecular weight excluding hydrogens is 696 g/mol. The van der Waals surface area contributed by atoms with Crippen molar-refractivity contribution in [3.8, 4) is 34.5 Å². The summed E-state index contributed by atoms with van der Waals surface area (Å²) in [6.45, 7) is -1.09. The van der Waals surface area contributed by atoms with E-state index < -0.39 is 108 Å². The number of rotatable bonds is 9. The monoisotopic (exact) mass is 730 g/mol. The highest BCUT2D eigenvalue weighted by molar-refractivity contribution is 5.98. The molecule has 18 heteroatoms. The zero-order valence-electron chi connectivity index (χ0n) is 27.0. The fourth-order valence-corrected chi connectivity index (χ4v) is 5.73. The Kier molecular flexibility index (Phi) is 10.4. The number of phenolic OH excluding ortho intramolecular Hbond substituents is 4. The molecule has 18 nitrogen and oxygen atoms in total. The third-order valence-corrected chi connectivity index (χ3v) is 8.47. The van der Waals surface area contributed by atoms with Gasteiger partial charge in [0, 0.05) is 18.2 Å². The van der Waals surface area contributed by atoms with Crippen molar-refractivity contribution in [2.24, 2.45) is 0 Å². The summed E-state index contributed by atoms with van der Waals surface area (Å²) in [5, 5.41) is 92.8.